The van der Waals surface area contributed by atoms with Crippen molar-refractivity contribution in [2.24, 2.45) is 5.73 Å². The van der Waals surface area contributed by atoms with Gasteiger partial charge in [0.15, 0.2) is 0 Å². The minimum Gasteiger partial charge on any atom is -0.325 e. The fraction of sp³-hybridized carbons (Fsp3) is 0.455. The minimum atomic E-state index is -0.371. The van der Waals surface area contributed by atoms with Gasteiger partial charge in [-0.3, -0.25) is 0 Å². The molecule has 0 amide bonds. The lowest BCUT2D eigenvalue weighted by Gasteiger charge is -2.17. The summed E-state index contributed by atoms with van der Waals surface area (Å²) < 4.78 is 12.9. The highest BCUT2D eigenvalue weighted by molar-refractivity contribution is 7.98. The van der Waals surface area contributed by atoms with Crippen molar-refractivity contribution in [1.82, 2.24) is 0 Å². The Balaban J connectivity index is 2.48. The Morgan fingerprint density at radius 1 is 1.47 bits per heavy atom. The predicted molar refractivity (Wildman–Crippen MR) is 65.8 cm³/mol. The Morgan fingerprint density at radius 2 is 2.13 bits per heavy atom. The van der Waals surface area contributed by atoms with Crippen LogP contribution in [0, 0.1) is 5.82 Å². The summed E-state index contributed by atoms with van der Waals surface area (Å²) in [5.41, 5.74) is 6.70. The Hall–Kier alpha value is -0.250. The molecule has 0 saturated heterocycles. The van der Waals surface area contributed by atoms with Crippen LogP contribution in [0.3, 0.4) is 0 Å². The van der Waals surface area contributed by atoms with Gasteiger partial charge in [-0.15, -0.1) is 0 Å². The summed E-state index contributed by atoms with van der Waals surface area (Å²) in [6, 6.07) is 4.80. The van der Waals surface area contributed by atoms with E-state index in [1.54, 1.807) is 23.9 Å². The summed E-state index contributed by atoms with van der Waals surface area (Å²) in [6.07, 6.45) is 0. The van der Waals surface area contributed by atoms with E-state index >= 15 is 0 Å². The van der Waals surface area contributed by atoms with Crippen LogP contribution in [0.15, 0.2) is 18.2 Å². The largest absolute Gasteiger partial charge is 0.325 e. The number of hydrogen-bond acceptors (Lipinski definition) is 2. The van der Waals surface area contributed by atoms with Gasteiger partial charge in [-0.05, 0) is 31.5 Å². The predicted octanol–water partition coefficient (Wildman–Crippen LogP) is 3.45. The first kappa shape index (κ1) is 12.8. The van der Waals surface area contributed by atoms with Crippen molar-refractivity contribution in [3.05, 3.63) is 34.6 Å². The lowest BCUT2D eigenvalue weighted by Crippen LogP contribution is -2.34. The van der Waals surface area contributed by atoms with E-state index < -0.39 is 0 Å². The molecule has 0 fully saturated rings. The van der Waals surface area contributed by atoms with E-state index in [9.17, 15) is 4.39 Å². The maximum atomic E-state index is 12.9. The molecular weight excluding hydrogens is 233 g/mol. The van der Waals surface area contributed by atoms with Gasteiger partial charge in [0.1, 0.15) is 5.82 Å². The molecule has 1 aromatic carbocycles. The zero-order valence-corrected chi connectivity index (χ0v) is 10.5. The molecule has 0 radical (unpaired) electrons. The quantitative estimate of drug-likeness (QED) is 0.882. The van der Waals surface area contributed by atoms with Crippen LogP contribution in [-0.4, -0.2) is 11.3 Å². The van der Waals surface area contributed by atoms with Crippen molar-refractivity contribution in [3.63, 3.8) is 0 Å². The Bertz CT molecular complexity index is 336. The molecule has 2 N–H and O–H groups in total. The van der Waals surface area contributed by atoms with Gasteiger partial charge in [0.05, 0.1) is 5.02 Å². The van der Waals surface area contributed by atoms with Crippen LogP contribution in [0.25, 0.3) is 0 Å². The molecule has 15 heavy (non-hydrogen) atoms. The third-order valence-electron chi connectivity index (χ3n) is 1.73. The average Bonchev–Trinajstić information content (AvgIpc) is 2.09. The van der Waals surface area contributed by atoms with Gasteiger partial charge in [0.25, 0.3) is 0 Å². The summed E-state index contributed by atoms with van der Waals surface area (Å²) in [5.74, 6) is 1.30. The summed E-state index contributed by atoms with van der Waals surface area (Å²) in [7, 11) is 0. The topological polar surface area (TPSA) is 26.0 Å². The Morgan fingerprint density at radius 3 is 2.67 bits per heavy atom. The van der Waals surface area contributed by atoms with Crippen molar-refractivity contribution in [1.29, 1.82) is 0 Å². The number of rotatable bonds is 4. The minimum absolute atomic E-state index is 0.172. The zero-order chi connectivity index (χ0) is 11.5. The van der Waals surface area contributed by atoms with E-state index in [0.29, 0.717) is 0 Å². The van der Waals surface area contributed by atoms with Gasteiger partial charge >= 0.3 is 0 Å². The molecule has 0 unspecified atom stereocenters. The highest BCUT2D eigenvalue weighted by atomic mass is 35.5. The molecule has 0 heterocycles. The number of nitrogens with two attached hydrogens (primary N) is 1. The van der Waals surface area contributed by atoms with E-state index in [1.807, 2.05) is 13.8 Å². The van der Waals surface area contributed by atoms with Crippen LogP contribution in [0.5, 0.6) is 0 Å². The molecule has 0 aromatic heterocycles. The second-order valence-electron chi connectivity index (χ2n) is 4.23. The fourth-order valence-corrected chi connectivity index (χ4v) is 2.31. The van der Waals surface area contributed by atoms with E-state index in [1.165, 1.54) is 6.07 Å². The molecule has 1 nitrogen and oxygen atoms in total. The van der Waals surface area contributed by atoms with Gasteiger partial charge in [-0.2, -0.15) is 11.8 Å². The standard InChI is InChI=1S/C11H15ClFNS/c1-11(2,14)7-15-6-8-3-4-10(13)9(12)5-8/h3-5H,6-7,14H2,1-2H3. The molecule has 0 aliphatic rings. The van der Waals surface area contributed by atoms with Crippen molar-refractivity contribution in [2.45, 2.75) is 25.1 Å². The van der Waals surface area contributed by atoms with Crippen LogP contribution in [0.4, 0.5) is 4.39 Å². The van der Waals surface area contributed by atoms with Crippen LogP contribution < -0.4 is 5.73 Å². The smallest absolute Gasteiger partial charge is 0.141 e. The lowest BCUT2D eigenvalue weighted by molar-refractivity contribution is 0.591. The summed E-state index contributed by atoms with van der Waals surface area (Å²) in [6.45, 7) is 3.97. The van der Waals surface area contributed by atoms with E-state index in [2.05, 4.69) is 0 Å². The molecule has 1 aromatic rings. The molecule has 4 heteroatoms. The molecule has 0 spiro atoms. The number of halogens is 2. The molecule has 0 aliphatic carbocycles. The van der Waals surface area contributed by atoms with Crippen molar-refractivity contribution >= 4 is 23.4 Å². The van der Waals surface area contributed by atoms with Crippen LogP contribution in [-0.2, 0) is 5.75 Å². The first-order valence-electron chi connectivity index (χ1n) is 4.69. The van der Waals surface area contributed by atoms with Crippen molar-refractivity contribution < 1.29 is 4.39 Å². The summed E-state index contributed by atoms with van der Waals surface area (Å²) in [5, 5.41) is 0.181. The third kappa shape index (κ3) is 4.87. The van der Waals surface area contributed by atoms with Gasteiger partial charge in [-0.25, -0.2) is 4.39 Å². The summed E-state index contributed by atoms with van der Waals surface area (Å²) >= 11 is 7.40. The van der Waals surface area contributed by atoms with Gasteiger partial charge in [0, 0.05) is 17.0 Å². The molecular formula is C11H15ClFNS. The number of benzene rings is 1. The maximum Gasteiger partial charge on any atom is 0.141 e. The molecule has 0 bridgehead atoms. The molecule has 0 saturated carbocycles. The first-order chi connectivity index (χ1) is 6.88. The normalized spacial score (nSPS) is 11.8. The monoisotopic (exact) mass is 247 g/mol. The van der Waals surface area contributed by atoms with Crippen LogP contribution in [0.1, 0.15) is 19.4 Å². The Labute approximate surface area is 99.2 Å². The van der Waals surface area contributed by atoms with Crippen LogP contribution in [0.2, 0.25) is 5.02 Å². The number of thioether (sulfide) groups is 1. The van der Waals surface area contributed by atoms with Crippen LogP contribution >= 0.6 is 23.4 Å². The average molecular weight is 248 g/mol. The molecule has 0 aliphatic heterocycles. The molecule has 1 rings (SSSR count). The highest BCUT2D eigenvalue weighted by Crippen LogP contribution is 2.21. The van der Waals surface area contributed by atoms with Crippen molar-refractivity contribution in [3.8, 4) is 0 Å². The highest BCUT2D eigenvalue weighted by Gasteiger charge is 2.10. The van der Waals surface area contributed by atoms with Gasteiger partial charge in [-0.1, -0.05) is 17.7 Å². The first-order valence-corrected chi connectivity index (χ1v) is 6.22. The molecule has 0 atom stereocenters. The van der Waals surface area contributed by atoms with E-state index in [4.69, 9.17) is 17.3 Å². The SMILES string of the molecule is CC(C)(N)CSCc1ccc(F)c(Cl)c1. The second-order valence-corrected chi connectivity index (χ2v) is 5.62. The third-order valence-corrected chi connectivity index (χ3v) is 3.50. The zero-order valence-electron chi connectivity index (χ0n) is 8.89. The van der Waals surface area contributed by atoms with E-state index in [-0.39, 0.29) is 16.4 Å². The van der Waals surface area contributed by atoms with Gasteiger partial charge in [0.2, 0.25) is 0 Å². The molecule has 84 valence electrons. The Kier molecular flexibility index (Phi) is 4.44. The van der Waals surface area contributed by atoms with Gasteiger partial charge < -0.3 is 5.73 Å². The van der Waals surface area contributed by atoms with Crippen molar-refractivity contribution in [2.75, 3.05) is 5.75 Å². The van der Waals surface area contributed by atoms with E-state index in [0.717, 1.165) is 17.1 Å². The lowest BCUT2D eigenvalue weighted by atomic mass is 10.1. The maximum absolute atomic E-state index is 12.9. The summed E-state index contributed by atoms with van der Waals surface area (Å²) in [4.78, 5) is 0. The number of hydrogen-bond donors (Lipinski definition) is 1. The fourth-order valence-electron chi connectivity index (χ4n) is 1.06. The second kappa shape index (κ2) is 5.19.